The fraction of sp³-hybridized carbons (Fsp3) is 0.692. The number of rotatable bonds is 8. The average Bonchev–Trinajstić information content (AvgIpc) is 2.75. The second-order valence-electron chi connectivity index (χ2n) is 4.61. The summed E-state index contributed by atoms with van der Waals surface area (Å²) >= 11 is 1.72. The number of carbonyl (C=O) groups is 1. The van der Waals surface area contributed by atoms with Crippen LogP contribution in [-0.4, -0.2) is 40.8 Å². The van der Waals surface area contributed by atoms with Gasteiger partial charge in [-0.15, -0.1) is 0 Å². The van der Waals surface area contributed by atoms with Gasteiger partial charge < -0.3 is 14.9 Å². The Bertz CT molecular complexity index is 405. The van der Waals surface area contributed by atoms with Gasteiger partial charge in [-0.25, -0.2) is 0 Å². The molecule has 1 heterocycles. The molecule has 0 aliphatic rings. The van der Waals surface area contributed by atoms with Crippen LogP contribution in [0.3, 0.4) is 0 Å². The third-order valence-corrected chi connectivity index (χ3v) is 3.69. The number of amides is 1. The summed E-state index contributed by atoms with van der Waals surface area (Å²) in [4.78, 5) is 12.1. The Kier molecular flexibility index (Phi) is 6.94. The minimum Gasteiger partial charge on any atom is -0.396 e. The third-order valence-electron chi connectivity index (χ3n) is 2.62. The number of thioether (sulfide) groups is 1. The highest BCUT2D eigenvalue weighted by Crippen LogP contribution is 2.21. The van der Waals surface area contributed by atoms with E-state index in [-0.39, 0.29) is 18.4 Å². The summed E-state index contributed by atoms with van der Waals surface area (Å²) in [5.74, 6) is 2.41. The molecule has 6 heteroatoms. The molecule has 0 spiro atoms. The fourth-order valence-corrected chi connectivity index (χ4v) is 2.44. The van der Waals surface area contributed by atoms with Crippen molar-refractivity contribution in [1.29, 1.82) is 0 Å². The maximum Gasteiger partial charge on any atom is 0.256 e. The van der Waals surface area contributed by atoms with Crippen molar-refractivity contribution in [3.63, 3.8) is 0 Å². The molecule has 2 N–H and O–H groups in total. The molecule has 0 aliphatic heterocycles. The zero-order chi connectivity index (χ0) is 14.3. The van der Waals surface area contributed by atoms with Gasteiger partial charge in [0.15, 0.2) is 5.76 Å². The van der Waals surface area contributed by atoms with Crippen molar-refractivity contribution in [1.82, 2.24) is 10.5 Å². The van der Waals surface area contributed by atoms with Crippen LogP contribution in [0.1, 0.15) is 48.0 Å². The maximum atomic E-state index is 12.1. The van der Waals surface area contributed by atoms with Crippen molar-refractivity contribution in [2.75, 3.05) is 24.7 Å². The molecule has 0 radical (unpaired) electrons. The molecule has 0 aromatic carbocycles. The Morgan fingerprint density at radius 1 is 1.47 bits per heavy atom. The van der Waals surface area contributed by atoms with Crippen molar-refractivity contribution in [2.24, 2.45) is 0 Å². The molecule has 1 rings (SSSR count). The van der Waals surface area contributed by atoms with E-state index in [0.717, 1.165) is 17.9 Å². The summed E-state index contributed by atoms with van der Waals surface area (Å²) in [5, 5.41) is 15.4. The predicted molar refractivity (Wildman–Crippen MR) is 76.7 cm³/mol. The molecule has 0 fully saturated rings. The van der Waals surface area contributed by atoms with E-state index in [1.807, 2.05) is 13.8 Å². The molecule has 5 nitrogen and oxygen atoms in total. The number of aryl methyl sites for hydroxylation is 1. The third kappa shape index (κ3) is 4.87. The topological polar surface area (TPSA) is 75.4 Å². The molecule has 1 aromatic heterocycles. The van der Waals surface area contributed by atoms with E-state index >= 15 is 0 Å². The summed E-state index contributed by atoms with van der Waals surface area (Å²) in [6, 6.07) is 0. The van der Waals surface area contributed by atoms with Gasteiger partial charge in [-0.05, 0) is 19.1 Å². The van der Waals surface area contributed by atoms with E-state index in [0.29, 0.717) is 23.6 Å². The first-order valence-electron chi connectivity index (χ1n) is 6.50. The lowest BCUT2D eigenvalue weighted by atomic mass is 10.0. The Morgan fingerprint density at radius 2 is 2.21 bits per heavy atom. The van der Waals surface area contributed by atoms with Gasteiger partial charge in [0.25, 0.3) is 5.91 Å². The van der Waals surface area contributed by atoms with E-state index < -0.39 is 0 Å². The number of aliphatic hydroxyl groups is 1. The highest BCUT2D eigenvalue weighted by atomic mass is 32.2. The first-order valence-corrected chi connectivity index (χ1v) is 7.66. The molecule has 0 saturated heterocycles. The van der Waals surface area contributed by atoms with E-state index in [2.05, 4.69) is 10.5 Å². The molecule has 19 heavy (non-hydrogen) atoms. The first kappa shape index (κ1) is 16.0. The smallest absolute Gasteiger partial charge is 0.256 e. The van der Waals surface area contributed by atoms with Crippen molar-refractivity contribution < 1.29 is 14.4 Å². The van der Waals surface area contributed by atoms with Crippen LogP contribution in [0.25, 0.3) is 0 Å². The van der Waals surface area contributed by atoms with Crippen LogP contribution in [0.2, 0.25) is 0 Å². The van der Waals surface area contributed by atoms with Crippen LogP contribution in [0, 0.1) is 6.92 Å². The number of aromatic nitrogens is 1. The van der Waals surface area contributed by atoms with Gasteiger partial charge in [-0.1, -0.05) is 19.0 Å². The lowest BCUT2D eigenvalue weighted by Crippen LogP contribution is -2.27. The number of nitrogens with one attached hydrogen (secondary N) is 1. The first-order chi connectivity index (χ1) is 9.07. The summed E-state index contributed by atoms with van der Waals surface area (Å²) in [6.45, 7) is 6.55. The molecule has 0 atom stereocenters. The van der Waals surface area contributed by atoms with Gasteiger partial charge in [0.1, 0.15) is 5.56 Å². The van der Waals surface area contributed by atoms with E-state index in [4.69, 9.17) is 9.63 Å². The predicted octanol–water partition coefficient (Wildman–Crippen LogP) is 1.95. The van der Waals surface area contributed by atoms with Crippen LogP contribution in [0.5, 0.6) is 0 Å². The minimum atomic E-state index is -0.120. The molecule has 108 valence electrons. The van der Waals surface area contributed by atoms with Crippen LogP contribution < -0.4 is 5.32 Å². The van der Waals surface area contributed by atoms with Crippen LogP contribution >= 0.6 is 11.8 Å². The monoisotopic (exact) mass is 286 g/mol. The number of aliphatic hydroxyl groups excluding tert-OH is 1. The van der Waals surface area contributed by atoms with Crippen LogP contribution in [0.4, 0.5) is 0 Å². The van der Waals surface area contributed by atoms with E-state index in [1.165, 1.54) is 0 Å². The van der Waals surface area contributed by atoms with Crippen molar-refractivity contribution in [2.45, 2.75) is 33.1 Å². The molecule has 1 amide bonds. The Balaban J connectivity index is 2.43. The summed E-state index contributed by atoms with van der Waals surface area (Å²) in [7, 11) is 0. The molecular weight excluding hydrogens is 264 g/mol. The largest absolute Gasteiger partial charge is 0.396 e. The van der Waals surface area contributed by atoms with E-state index in [9.17, 15) is 4.79 Å². The van der Waals surface area contributed by atoms with Crippen molar-refractivity contribution >= 4 is 17.7 Å². The maximum absolute atomic E-state index is 12.1. The number of carbonyl (C=O) groups excluding carboxylic acids is 1. The number of hydrogen-bond donors (Lipinski definition) is 2. The van der Waals surface area contributed by atoms with Gasteiger partial charge in [-0.2, -0.15) is 11.8 Å². The second-order valence-corrected chi connectivity index (χ2v) is 5.83. The normalized spacial score (nSPS) is 11.0. The van der Waals surface area contributed by atoms with Gasteiger partial charge >= 0.3 is 0 Å². The molecule has 0 bridgehead atoms. The standard InChI is InChI=1S/C13H22N2O3S/c1-9(2)12-11(10(3)15-18-12)13(17)14-5-8-19-7-4-6-16/h9,16H,4-8H2,1-3H3,(H,14,17). The van der Waals surface area contributed by atoms with Gasteiger partial charge in [0.05, 0.1) is 5.69 Å². The Hall–Kier alpha value is -1.01. The van der Waals surface area contributed by atoms with Gasteiger partial charge in [0, 0.05) is 24.8 Å². The average molecular weight is 286 g/mol. The molecule has 1 aromatic rings. The summed E-state index contributed by atoms with van der Waals surface area (Å²) in [5.41, 5.74) is 1.20. The second kappa shape index (κ2) is 8.22. The molecule has 0 saturated carbocycles. The zero-order valence-corrected chi connectivity index (χ0v) is 12.5. The quantitative estimate of drug-likeness (QED) is 0.714. The van der Waals surface area contributed by atoms with E-state index in [1.54, 1.807) is 18.7 Å². The number of hydrogen-bond acceptors (Lipinski definition) is 5. The summed E-state index contributed by atoms with van der Waals surface area (Å²) < 4.78 is 5.19. The van der Waals surface area contributed by atoms with Crippen molar-refractivity contribution in [3.8, 4) is 0 Å². The number of nitrogens with zero attached hydrogens (tertiary/aromatic N) is 1. The molecule has 0 unspecified atom stereocenters. The van der Waals surface area contributed by atoms with Gasteiger partial charge in [0.2, 0.25) is 0 Å². The SMILES string of the molecule is Cc1noc(C(C)C)c1C(=O)NCCSCCCO. The summed E-state index contributed by atoms with van der Waals surface area (Å²) in [6.07, 6.45) is 0.793. The highest BCUT2D eigenvalue weighted by Gasteiger charge is 2.21. The minimum absolute atomic E-state index is 0.120. The zero-order valence-electron chi connectivity index (χ0n) is 11.7. The Morgan fingerprint density at radius 3 is 2.84 bits per heavy atom. The van der Waals surface area contributed by atoms with Crippen molar-refractivity contribution in [3.05, 3.63) is 17.0 Å². The fourth-order valence-electron chi connectivity index (χ4n) is 1.65. The van der Waals surface area contributed by atoms with Crippen LogP contribution in [-0.2, 0) is 0 Å². The Labute approximate surface area is 118 Å². The highest BCUT2D eigenvalue weighted by molar-refractivity contribution is 7.99. The lowest BCUT2D eigenvalue weighted by molar-refractivity contribution is 0.0953. The van der Waals surface area contributed by atoms with Crippen LogP contribution in [0.15, 0.2) is 4.52 Å². The molecular formula is C13H22N2O3S. The molecule has 0 aliphatic carbocycles. The van der Waals surface area contributed by atoms with Gasteiger partial charge in [-0.3, -0.25) is 4.79 Å². The lowest BCUT2D eigenvalue weighted by Gasteiger charge is -2.06.